The molecule has 76 valence electrons. The van der Waals surface area contributed by atoms with Gasteiger partial charge < -0.3 is 15.6 Å². The van der Waals surface area contributed by atoms with Crippen LogP contribution in [0.1, 0.15) is 18.4 Å². The van der Waals surface area contributed by atoms with Crippen LogP contribution in [0, 0.1) is 0 Å². The van der Waals surface area contributed by atoms with Crippen LogP contribution < -0.4 is 10.5 Å². The van der Waals surface area contributed by atoms with Crippen LogP contribution in [0.3, 0.4) is 0 Å². The Morgan fingerprint density at radius 1 is 1.50 bits per heavy atom. The van der Waals surface area contributed by atoms with Gasteiger partial charge in [-0.2, -0.15) is 0 Å². The highest BCUT2D eigenvalue weighted by molar-refractivity contribution is 6.31. The highest BCUT2D eigenvalue weighted by Gasteiger charge is 2.44. The van der Waals surface area contributed by atoms with Crippen LogP contribution in [-0.4, -0.2) is 12.2 Å². The average Bonchev–Trinajstić information content (AvgIpc) is 2.85. The molecule has 3 nitrogen and oxygen atoms in total. The van der Waals surface area contributed by atoms with Crippen molar-refractivity contribution in [3.8, 4) is 11.5 Å². The van der Waals surface area contributed by atoms with Gasteiger partial charge in [-0.25, -0.2) is 0 Å². The van der Waals surface area contributed by atoms with Gasteiger partial charge in [0.25, 0.3) is 0 Å². The monoisotopic (exact) mass is 213 g/mol. The van der Waals surface area contributed by atoms with Crippen molar-refractivity contribution in [1.29, 1.82) is 0 Å². The van der Waals surface area contributed by atoms with E-state index in [4.69, 9.17) is 22.1 Å². The Kier molecular flexibility index (Phi) is 2.09. The molecule has 1 aliphatic rings. The first-order valence-corrected chi connectivity index (χ1v) is 4.81. The molecule has 0 amide bonds. The van der Waals surface area contributed by atoms with Crippen molar-refractivity contribution < 1.29 is 9.84 Å². The number of ether oxygens (including phenoxy) is 1. The molecule has 3 N–H and O–H groups in total. The van der Waals surface area contributed by atoms with Crippen LogP contribution in [0.4, 0.5) is 0 Å². The maximum absolute atomic E-state index is 9.86. The molecule has 1 aliphatic carbocycles. The molecule has 0 bridgehead atoms. The maximum atomic E-state index is 9.86. The Labute approximate surface area is 87.4 Å². The third-order valence-electron chi connectivity index (χ3n) is 2.60. The number of benzene rings is 1. The molecular formula is C10H12ClNO2. The summed E-state index contributed by atoms with van der Waals surface area (Å²) in [6, 6.07) is 3.33. The smallest absolute Gasteiger partial charge is 0.164 e. The lowest BCUT2D eigenvalue weighted by atomic mass is 10.0. The van der Waals surface area contributed by atoms with Gasteiger partial charge in [-0.15, -0.1) is 0 Å². The third-order valence-corrected chi connectivity index (χ3v) is 2.91. The Morgan fingerprint density at radius 3 is 2.64 bits per heavy atom. The number of halogens is 1. The molecule has 0 aliphatic heterocycles. The van der Waals surface area contributed by atoms with E-state index >= 15 is 0 Å². The predicted octanol–water partition coefficient (Wildman–Crippen LogP) is 2.00. The topological polar surface area (TPSA) is 55.5 Å². The molecule has 2 rings (SSSR count). The minimum atomic E-state index is -0.449. The summed E-state index contributed by atoms with van der Waals surface area (Å²) in [4.78, 5) is 0. The van der Waals surface area contributed by atoms with Crippen molar-refractivity contribution in [1.82, 2.24) is 0 Å². The zero-order valence-electron chi connectivity index (χ0n) is 7.88. The van der Waals surface area contributed by atoms with Gasteiger partial charge in [0.15, 0.2) is 11.5 Å². The first-order valence-electron chi connectivity index (χ1n) is 4.43. The molecule has 0 aromatic heterocycles. The fourth-order valence-corrected chi connectivity index (χ4v) is 1.91. The number of nitrogens with two attached hydrogens (primary N) is 1. The van der Waals surface area contributed by atoms with Gasteiger partial charge in [-0.05, 0) is 25.0 Å². The van der Waals surface area contributed by atoms with E-state index in [-0.39, 0.29) is 5.75 Å². The maximum Gasteiger partial charge on any atom is 0.164 e. The molecule has 1 saturated carbocycles. The van der Waals surface area contributed by atoms with Gasteiger partial charge in [0.05, 0.1) is 7.11 Å². The van der Waals surface area contributed by atoms with Crippen molar-refractivity contribution in [2.75, 3.05) is 7.11 Å². The minimum Gasteiger partial charge on any atom is -0.504 e. The zero-order valence-corrected chi connectivity index (χ0v) is 8.64. The quantitative estimate of drug-likeness (QED) is 0.790. The summed E-state index contributed by atoms with van der Waals surface area (Å²) >= 11 is 5.99. The molecule has 0 spiro atoms. The molecule has 0 unspecified atom stereocenters. The Bertz CT molecular complexity index is 375. The van der Waals surface area contributed by atoms with Crippen LogP contribution >= 0.6 is 11.6 Å². The van der Waals surface area contributed by atoms with Gasteiger partial charge in [0.2, 0.25) is 0 Å². The standard InChI is InChI=1S/C10H12ClNO2/c1-14-7-3-2-6(11)8(9(7)13)10(12)4-5-10/h2-3,13H,4-5,12H2,1H3. The lowest BCUT2D eigenvalue weighted by Crippen LogP contribution is -2.19. The van der Waals surface area contributed by atoms with Crippen LogP contribution in [0.15, 0.2) is 12.1 Å². The number of rotatable bonds is 2. The number of hydrogen-bond donors (Lipinski definition) is 2. The number of aromatic hydroxyl groups is 1. The van der Waals surface area contributed by atoms with Gasteiger partial charge in [-0.1, -0.05) is 11.6 Å². The summed E-state index contributed by atoms with van der Waals surface area (Å²) in [5.74, 6) is 0.487. The van der Waals surface area contributed by atoms with E-state index in [0.29, 0.717) is 16.3 Å². The van der Waals surface area contributed by atoms with Crippen molar-refractivity contribution in [3.63, 3.8) is 0 Å². The van der Waals surface area contributed by atoms with Gasteiger partial charge >= 0.3 is 0 Å². The molecule has 1 fully saturated rings. The summed E-state index contributed by atoms with van der Waals surface area (Å²) < 4.78 is 5.00. The fourth-order valence-electron chi connectivity index (χ4n) is 1.57. The summed E-state index contributed by atoms with van der Waals surface area (Å²) in [5.41, 5.74) is 6.15. The van der Waals surface area contributed by atoms with E-state index in [9.17, 15) is 5.11 Å². The minimum absolute atomic E-state index is 0.0694. The van der Waals surface area contributed by atoms with E-state index < -0.39 is 5.54 Å². The van der Waals surface area contributed by atoms with Crippen LogP contribution in [0.5, 0.6) is 11.5 Å². The van der Waals surface area contributed by atoms with Crippen molar-refractivity contribution >= 4 is 11.6 Å². The second-order valence-electron chi connectivity index (χ2n) is 3.63. The highest BCUT2D eigenvalue weighted by Crippen LogP contribution is 2.51. The van der Waals surface area contributed by atoms with Crippen molar-refractivity contribution in [3.05, 3.63) is 22.7 Å². The Hall–Kier alpha value is -0.930. The number of hydrogen-bond acceptors (Lipinski definition) is 3. The van der Waals surface area contributed by atoms with Gasteiger partial charge in [0, 0.05) is 16.1 Å². The molecule has 0 heterocycles. The summed E-state index contributed by atoms with van der Waals surface area (Å²) in [6.45, 7) is 0. The molecule has 0 saturated heterocycles. The first-order chi connectivity index (χ1) is 6.58. The first kappa shape index (κ1) is 9.62. The molecule has 4 heteroatoms. The fraction of sp³-hybridized carbons (Fsp3) is 0.400. The SMILES string of the molecule is COc1ccc(Cl)c(C2(N)CC2)c1O. The third kappa shape index (κ3) is 1.33. The molecule has 14 heavy (non-hydrogen) atoms. The van der Waals surface area contributed by atoms with Gasteiger partial charge in [0.1, 0.15) is 0 Å². The van der Waals surface area contributed by atoms with E-state index in [2.05, 4.69) is 0 Å². The number of phenols is 1. The summed E-state index contributed by atoms with van der Waals surface area (Å²) in [5, 5.41) is 10.4. The van der Waals surface area contributed by atoms with Crippen LogP contribution in [0.2, 0.25) is 5.02 Å². The Morgan fingerprint density at radius 2 is 2.14 bits per heavy atom. The highest BCUT2D eigenvalue weighted by atomic mass is 35.5. The van der Waals surface area contributed by atoms with Crippen molar-refractivity contribution in [2.45, 2.75) is 18.4 Å². The lowest BCUT2D eigenvalue weighted by Gasteiger charge is -2.15. The van der Waals surface area contributed by atoms with Crippen LogP contribution in [-0.2, 0) is 5.54 Å². The van der Waals surface area contributed by atoms with Crippen LogP contribution in [0.25, 0.3) is 0 Å². The molecule has 1 aromatic rings. The number of phenolic OH excluding ortho intramolecular Hbond substituents is 1. The average molecular weight is 214 g/mol. The molecular weight excluding hydrogens is 202 g/mol. The molecule has 0 radical (unpaired) electrons. The van der Waals surface area contributed by atoms with Crippen molar-refractivity contribution in [2.24, 2.45) is 5.73 Å². The van der Waals surface area contributed by atoms with E-state index in [1.165, 1.54) is 7.11 Å². The predicted molar refractivity (Wildman–Crippen MR) is 54.8 cm³/mol. The summed E-state index contributed by atoms with van der Waals surface area (Å²) in [7, 11) is 1.50. The number of methoxy groups -OCH3 is 1. The second kappa shape index (κ2) is 3.04. The van der Waals surface area contributed by atoms with E-state index in [1.54, 1.807) is 12.1 Å². The summed E-state index contributed by atoms with van der Waals surface area (Å²) in [6.07, 6.45) is 1.71. The zero-order chi connectivity index (χ0) is 10.3. The van der Waals surface area contributed by atoms with E-state index in [0.717, 1.165) is 12.8 Å². The molecule has 1 aromatic carbocycles. The van der Waals surface area contributed by atoms with E-state index in [1.807, 2.05) is 0 Å². The second-order valence-corrected chi connectivity index (χ2v) is 4.04. The largest absolute Gasteiger partial charge is 0.504 e. The van der Waals surface area contributed by atoms with Gasteiger partial charge in [-0.3, -0.25) is 0 Å². The Balaban J connectivity index is 2.56. The molecule has 0 atom stereocenters. The lowest BCUT2D eigenvalue weighted by molar-refractivity contribution is 0.368. The normalized spacial score (nSPS) is 17.9.